The lowest BCUT2D eigenvalue weighted by atomic mass is 9.63. The van der Waals surface area contributed by atoms with Crippen LogP contribution in [0.15, 0.2) is 188 Å². The second-order valence-corrected chi connectivity index (χ2v) is 17.7. The zero-order chi connectivity index (χ0) is 37.3. The predicted molar refractivity (Wildman–Crippen MR) is 236 cm³/mol. The Morgan fingerprint density at radius 2 is 1.04 bits per heavy atom. The number of nitrogens with zero attached hydrogens (tertiary/aromatic N) is 1. The standard InChI is InChI=1S/C56H43N/c1-3-13-38(14-4-1)42-29-30-53(47-20-8-7-18-44(42)47)57(52-22-12-10-17-43(52)39-15-5-2-6-16-39)41-26-23-37(24-27-41)40-25-28-46-45-19-9-11-21-48(45)56(49(46)33-40)35-51-50-31-36-32-54(56)55(50,51)34-36/h1-30,33,36,50-51,54H,31-32,34-35H2. The highest BCUT2D eigenvalue weighted by molar-refractivity contribution is 6.07. The number of anilines is 3. The molecular formula is C56H43N. The van der Waals surface area contributed by atoms with Crippen LogP contribution < -0.4 is 4.90 Å². The van der Waals surface area contributed by atoms with Crippen molar-refractivity contribution in [3.8, 4) is 44.5 Å². The molecule has 5 aliphatic rings. The molecule has 57 heavy (non-hydrogen) atoms. The molecule has 0 heterocycles. The van der Waals surface area contributed by atoms with Gasteiger partial charge in [0.25, 0.3) is 0 Å². The second-order valence-electron chi connectivity index (χ2n) is 17.7. The van der Waals surface area contributed by atoms with Crippen LogP contribution in [0.4, 0.5) is 17.1 Å². The maximum Gasteiger partial charge on any atom is 0.0540 e. The molecule has 2 spiro atoms. The first kappa shape index (κ1) is 32.0. The van der Waals surface area contributed by atoms with Gasteiger partial charge in [0.05, 0.1) is 11.4 Å². The Bertz CT molecular complexity index is 2890. The minimum atomic E-state index is 0.184. The molecule has 272 valence electrons. The molecule has 0 amide bonds. The van der Waals surface area contributed by atoms with E-state index in [1.807, 2.05) is 0 Å². The van der Waals surface area contributed by atoms with Crippen molar-refractivity contribution in [1.29, 1.82) is 0 Å². The highest BCUT2D eigenvalue weighted by atomic mass is 15.1. The Hall–Kier alpha value is -6.18. The molecule has 0 aliphatic heterocycles. The fourth-order valence-corrected chi connectivity index (χ4v) is 13.4. The summed E-state index contributed by atoms with van der Waals surface area (Å²) in [6.45, 7) is 0. The molecular weight excluding hydrogens is 687 g/mol. The number of fused-ring (bicyclic) bond motifs is 9. The average molecular weight is 730 g/mol. The van der Waals surface area contributed by atoms with Crippen LogP contribution >= 0.6 is 0 Å². The Kier molecular flexibility index (Phi) is 6.55. The van der Waals surface area contributed by atoms with E-state index in [0.29, 0.717) is 5.41 Å². The van der Waals surface area contributed by atoms with Crippen LogP contribution in [-0.4, -0.2) is 0 Å². The van der Waals surface area contributed by atoms with Crippen LogP contribution in [0, 0.1) is 29.1 Å². The van der Waals surface area contributed by atoms with Gasteiger partial charge in [0.2, 0.25) is 0 Å². The molecule has 0 radical (unpaired) electrons. The van der Waals surface area contributed by atoms with Crippen molar-refractivity contribution in [1.82, 2.24) is 0 Å². The first-order valence-electron chi connectivity index (χ1n) is 21.1. The maximum atomic E-state index is 2.62. The van der Waals surface area contributed by atoms with Gasteiger partial charge in [-0.05, 0) is 141 Å². The predicted octanol–water partition coefficient (Wildman–Crippen LogP) is 14.6. The van der Waals surface area contributed by atoms with Gasteiger partial charge in [-0.25, -0.2) is 0 Å². The number of para-hydroxylation sites is 1. The van der Waals surface area contributed by atoms with E-state index in [1.165, 1.54) is 86.7 Å². The minimum absolute atomic E-state index is 0.184. The third kappa shape index (κ3) is 4.30. The summed E-state index contributed by atoms with van der Waals surface area (Å²) in [5.74, 6) is 3.72. The molecule has 5 aliphatic carbocycles. The van der Waals surface area contributed by atoms with Gasteiger partial charge in [0.15, 0.2) is 0 Å². The zero-order valence-corrected chi connectivity index (χ0v) is 32.0. The number of hydrogen-bond acceptors (Lipinski definition) is 1. The summed E-state index contributed by atoms with van der Waals surface area (Å²) < 4.78 is 0. The van der Waals surface area contributed by atoms with Crippen molar-refractivity contribution in [3.63, 3.8) is 0 Å². The summed E-state index contributed by atoms with van der Waals surface area (Å²) in [4.78, 5) is 2.48. The lowest BCUT2D eigenvalue weighted by Crippen LogP contribution is -2.36. The quantitative estimate of drug-likeness (QED) is 0.165. The van der Waals surface area contributed by atoms with Crippen molar-refractivity contribution >= 4 is 27.8 Å². The molecule has 13 rings (SSSR count). The van der Waals surface area contributed by atoms with E-state index in [9.17, 15) is 0 Å². The summed E-state index contributed by atoms with van der Waals surface area (Å²) >= 11 is 0. The zero-order valence-electron chi connectivity index (χ0n) is 32.0. The average Bonchev–Trinajstić information content (AvgIpc) is 3.68. The van der Waals surface area contributed by atoms with Gasteiger partial charge >= 0.3 is 0 Å². The second kappa shape index (κ2) is 11.7. The van der Waals surface area contributed by atoms with E-state index in [4.69, 9.17) is 0 Å². The summed E-state index contributed by atoms with van der Waals surface area (Å²) in [6, 6.07) is 70.3. The van der Waals surface area contributed by atoms with Crippen molar-refractivity contribution in [3.05, 3.63) is 199 Å². The molecule has 0 N–H and O–H groups in total. The van der Waals surface area contributed by atoms with E-state index in [0.717, 1.165) is 35.0 Å². The van der Waals surface area contributed by atoms with Crippen LogP contribution in [0.1, 0.15) is 36.8 Å². The topological polar surface area (TPSA) is 3.24 Å². The third-order valence-electron chi connectivity index (χ3n) is 15.5. The van der Waals surface area contributed by atoms with Crippen LogP contribution in [0.2, 0.25) is 0 Å². The molecule has 1 heteroatoms. The molecule has 6 unspecified atom stereocenters. The fourth-order valence-electron chi connectivity index (χ4n) is 13.4. The maximum absolute atomic E-state index is 2.62. The van der Waals surface area contributed by atoms with Crippen molar-refractivity contribution in [2.75, 3.05) is 4.90 Å². The van der Waals surface area contributed by atoms with E-state index < -0.39 is 0 Å². The molecule has 2 bridgehead atoms. The van der Waals surface area contributed by atoms with Gasteiger partial charge < -0.3 is 4.90 Å². The van der Waals surface area contributed by atoms with Gasteiger partial charge in [-0.15, -0.1) is 0 Å². The fraction of sp³-hybridized carbons (Fsp3) is 0.179. The molecule has 0 aromatic heterocycles. The SMILES string of the molecule is c1ccc(-c2ccccc2N(c2ccc(-c3ccc4c(c3)C3(CC5C6CC7CC3C65C7)c3ccccc3-4)cc2)c2ccc(-c3ccccc3)c3ccccc23)cc1. The Balaban J connectivity index is 0.951. The van der Waals surface area contributed by atoms with E-state index in [2.05, 4.69) is 193 Å². The first-order chi connectivity index (χ1) is 28.2. The molecule has 6 atom stereocenters. The van der Waals surface area contributed by atoms with Crippen LogP contribution in [-0.2, 0) is 5.41 Å². The van der Waals surface area contributed by atoms with Gasteiger partial charge in [0.1, 0.15) is 0 Å². The summed E-state index contributed by atoms with van der Waals surface area (Å²) in [5.41, 5.74) is 18.0. The molecule has 4 saturated carbocycles. The molecule has 8 aromatic rings. The minimum Gasteiger partial charge on any atom is -0.309 e. The smallest absolute Gasteiger partial charge is 0.0540 e. The Morgan fingerprint density at radius 1 is 0.404 bits per heavy atom. The summed E-state index contributed by atoms with van der Waals surface area (Å²) in [5, 5.41) is 2.48. The molecule has 0 saturated heterocycles. The number of rotatable bonds is 6. The van der Waals surface area contributed by atoms with Crippen molar-refractivity contribution in [2.24, 2.45) is 29.1 Å². The van der Waals surface area contributed by atoms with Crippen molar-refractivity contribution < 1.29 is 0 Å². The van der Waals surface area contributed by atoms with E-state index >= 15 is 0 Å². The van der Waals surface area contributed by atoms with Gasteiger partial charge in [-0.1, -0.05) is 158 Å². The molecule has 4 fully saturated rings. The first-order valence-corrected chi connectivity index (χ1v) is 21.1. The lowest BCUT2D eigenvalue weighted by molar-refractivity contribution is 0.226. The largest absolute Gasteiger partial charge is 0.309 e. The highest BCUT2D eigenvalue weighted by Crippen LogP contribution is 2.89. The third-order valence-corrected chi connectivity index (χ3v) is 15.5. The number of hydrogen-bond donors (Lipinski definition) is 0. The summed E-state index contributed by atoms with van der Waals surface area (Å²) in [6.07, 6.45) is 5.80. The highest BCUT2D eigenvalue weighted by Gasteiger charge is 2.83. The van der Waals surface area contributed by atoms with Gasteiger partial charge in [-0.2, -0.15) is 0 Å². The molecule has 8 aromatic carbocycles. The Morgan fingerprint density at radius 3 is 1.84 bits per heavy atom. The lowest BCUT2D eigenvalue weighted by Gasteiger charge is -2.40. The Labute approximate surface area is 335 Å². The van der Waals surface area contributed by atoms with Crippen LogP contribution in [0.3, 0.4) is 0 Å². The van der Waals surface area contributed by atoms with Gasteiger partial charge in [0, 0.05) is 22.1 Å². The molecule has 1 nitrogen and oxygen atoms in total. The van der Waals surface area contributed by atoms with E-state index in [1.54, 1.807) is 11.1 Å². The van der Waals surface area contributed by atoms with E-state index in [-0.39, 0.29) is 5.41 Å². The van der Waals surface area contributed by atoms with Crippen LogP contribution in [0.5, 0.6) is 0 Å². The monoisotopic (exact) mass is 729 g/mol. The number of benzene rings is 8. The van der Waals surface area contributed by atoms with Crippen LogP contribution in [0.25, 0.3) is 55.3 Å². The summed E-state index contributed by atoms with van der Waals surface area (Å²) in [7, 11) is 0. The normalized spacial score (nSPS) is 25.4. The van der Waals surface area contributed by atoms with Gasteiger partial charge in [-0.3, -0.25) is 0 Å². The van der Waals surface area contributed by atoms with Crippen molar-refractivity contribution in [2.45, 2.75) is 31.1 Å².